The molecule has 0 aliphatic carbocycles. The summed E-state index contributed by atoms with van der Waals surface area (Å²) >= 11 is 0. The molecule has 1 atom stereocenters. The van der Waals surface area contributed by atoms with Gasteiger partial charge in [-0.3, -0.25) is 14.5 Å². The van der Waals surface area contributed by atoms with Crippen LogP contribution in [0.4, 0.5) is 0 Å². The normalized spacial score (nSPS) is 20.6. The van der Waals surface area contributed by atoms with Gasteiger partial charge >= 0.3 is 0 Å². The van der Waals surface area contributed by atoms with Crippen LogP contribution in [0.15, 0.2) is 54.7 Å². The van der Waals surface area contributed by atoms with Crippen molar-refractivity contribution in [2.45, 2.75) is 44.9 Å². The van der Waals surface area contributed by atoms with Gasteiger partial charge in [0, 0.05) is 29.9 Å². The minimum Gasteiger partial charge on any atom is -0.489 e. The lowest BCUT2D eigenvalue weighted by Gasteiger charge is -2.31. The molecular formula is C28H33N3O4. The van der Waals surface area contributed by atoms with Crippen LogP contribution in [-0.4, -0.2) is 60.5 Å². The highest BCUT2D eigenvalue weighted by atomic mass is 16.5. The molecule has 2 fully saturated rings. The number of fused-ring (bicyclic) bond motifs is 1. The summed E-state index contributed by atoms with van der Waals surface area (Å²) in [5.74, 6) is 0.433. The third-order valence-corrected chi connectivity index (χ3v) is 7.11. The van der Waals surface area contributed by atoms with Gasteiger partial charge in [-0.05, 0) is 55.5 Å². The zero-order chi connectivity index (χ0) is 24.2. The molecule has 1 N–H and O–H groups in total. The van der Waals surface area contributed by atoms with Crippen LogP contribution in [0, 0.1) is 0 Å². The van der Waals surface area contributed by atoms with E-state index in [2.05, 4.69) is 41.1 Å². The van der Waals surface area contributed by atoms with Gasteiger partial charge in [-0.2, -0.15) is 0 Å². The van der Waals surface area contributed by atoms with E-state index in [0.717, 1.165) is 56.8 Å². The van der Waals surface area contributed by atoms with Crippen LogP contribution in [0.25, 0.3) is 0 Å². The minimum absolute atomic E-state index is 0.112. The number of hydrogen-bond donors (Lipinski definition) is 1. The molecule has 2 amide bonds. The van der Waals surface area contributed by atoms with Crippen molar-refractivity contribution in [1.29, 1.82) is 0 Å². The summed E-state index contributed by atoms with van der Waals surface area (Å²) < 4.78 is 11.6. The molecule has 2 aromatic carbocycles. The van der Waals surface area contributed by atoms with Crippen molar-refractivity contribution < 1.29 is 19.1 Å². The standard InChI is InChI=1S/C28H33N3O4/c1-20-7-12-25(27(32)29-20)31-18-24-23(28(31)33)5-2-6-26(24)35-19-22-10-8-21(9-11-22)4-3-13-30-14-16-34-17-15-30/h2,5-6,8-11,25H,1,3-4,7,12-19H2,(H,29,32). The van der Waals surface area contributed by atoms with Gasteiger partial charge in [0.05, 0.1) is 19.8 Å². The number of carbonyl (C=O) groups is 2. The largest absolute Gasteiger partial charge is 0.489 e. The fourth-order valence-corrected chi connectivity index (χ4v) is 5.07. The van der Waals surface area contributed by atoms with Crippen molar-refractivity contribution >= 4 is 11.8 Å². The first-order valence-electron chi connectivity index (χ1n) is 12.5. The molecule has 0 bridgehead atoms. The van der Waals surface area contributed by atoms with Gasteiger partial charge < -0.3 is 19.7 Å². The molecule has 3 aliphatic heterocycles. The van der Waals surface area contributed by atoms with Crippen molar-refractivity contribution in [1.82, 2.24) is 15.1 Å². The third-order valence-electron chi connectivity index (χ3n) is 7.11. The van der Waals surface area contributed by atoms with Gasteiger partial charge in [-0.1, -0.05) is 36.9 Å². The molecule has 2 saturated heterocycles. The van der Waals surface area contributed by atoms with Crippen LogP contribution in [0.1, 0.15) is 46.3 Å². The average molecular weight is 476 g/mol. The molecule has 35 heavy (non-hydrogen) atoms. The van der Waals surface area contributed by atoms with Gasteiger partial charge in [0.1, 0.15) is 18.4 Å². The lowest BCUT2D eigenvalue weighted by atomic mass is 10.0. The number of amides is 2. The summed E-state index contributed by atoms with van der Waals surface area (Å²) in [5, 5.41) is 2.78. The Kier molecular flexibility index (Phi) is 7.16. The highest BCUT2D eigenvalue weighted by Crippen LogP contribution is 2.34. The Morgan fingerprint density at radius 3 is 2.60 bits per heavy atom. The summed E-state index contributed by atoms with van der Waals surface area (Å²) in [5.41, 5.74) is 4.61. The maximum absolute atomic E-state index is 13.0. The Balaban J connectivity index is 1.16. The number of nitrogens with zero attached hydrogens (tertiary/aromatic N) is 2. The number of hydrogen-bond acceptors (Lipinski definition) is 5. The average Bonchev–Trinajstić information content (AvgIpc) is 3.21. The van der Waals surface area contributed by atoms with Crippen LogP contribution in [0.5, 0.6) is 5.75 Å². The Labute approximate surface area is 206 Å². The van der Waals surface area contributed by atoms with Crippen LogP contribution < -0.4 is 10.1 Å². The summed E-state index contributed by atoms with van der Waals surface area (Å²) in [4.78, 5) is 29.6. The predicted molar refractivity (Wildman–Crippen MR) is 133 cm³/mol. The number of rotatable bonds is 8. The van der Waals surface area contributed by atoms with E-state index in [-0.39, 0.29) is 11.8 Å². The summed E-state index contributed by atoms with van der Waals surface area (Å²) in [6.45, 7) is 9.52. The first-order chi connectivity index (χ1) is 17.1. The first-order valence-corrected chi connectivity index (χ1v) is 12.5. The topological polar surface area (TPSA) is 71.1 Å². The SMILES string of the molecule is C=C1CCC(N2Cc3c(OCc4ccc(CCCN5CCOCC5)cc4)cccc3C2=O)C(=O)N1. The van der Waals surface area contributed by atoms with Crippen LogP contribution >= 0.6 is 0 Å². The lowest BCUT2D eigenvalue weighted by molar-refractivity contribution is -0.126. The van der Waals surface area contributed by atoms with E-state index >= 15 is 0 Å². The number of benzene rings is 2. The number of piperidine rings is 1. The number of nitrogens with one attached hydrogen (secondary N) is 1. The van der Waals surface area contributed by atoms with Crippen molar-refractivity contribution in [3.63, 3.8) is 0 Å². The third kappa shape index (κ3) is 5.41. The Bertz CT molecular complexity index is 1090. The Morgan fingerprint density at radius 1 is 1.06 bits per heavy atom. The number of ether oxygens (including phenoxy) is 2. The molecule has 5 rings (SSSR count). The molecule has 7 nitrogen and oxygen atoms in total. The second kappa shape index (κ2) is 10.6. The maximum Gasteiger partial charge on any atom is 0.255 e. The van der Waals surface area contributed by atoms with Gasteiger partial charge in [-0.25, -0.2) is 0 Å². The maximum atomic E-state index is 13.0. The molecule has 184 valence electrons. The van der Waals surface area contributed by atoms with E-state index in [1.54, 1.807) is 4.90 Å². The molecule has 7 heteroatoms. The van der Waals surface area contributed by atoms with Crippen LogP contribution in [0.2, 0.25) is 0 Å². The first kappa shape index (κ1) is 23.6. The van der Waals surface area contributed by atoms with Crippen molar-refractivity contribution in [2.75, 3.05) is 32.8 Å². The van der Waals surface area contributed by atoms with E-state index in [1.165, 1.54) is 5.56 Å². The van der Waals surface area contributed by atoms with Gasteiger partial charge in [0.15, 0.2) is 0 Å². The number of aryl methyl sites for hydroxylation is 1. The quantitative estimate of drug-likeness (QED) is 0.635. The predicted octanol–water partition coefficient (Wildman–Crippen LogP) is 3.28. The zero-order valence-corrected chi connectivity index (χ0v) is 20.1. The van der Waals surface area contributed by atoms with E-state index in [4.69, 9.17) is 9.47 Å². The Morgan fingerprint density at radius 2 is 1.83 bits per heavy atom. The van der Waals surface area contributed by atoms with Gasteiger partial charge in [0.2, 0.25) is 5.91 Å². The van der Waals surface area contributed by atoms with E-state index in [1.807, 2.05) is 18.2 Å². The minimum atomic E-state index is -0.468. The number of allylic oxidation sites excluding steroid dienone is 1. The number of carbonyl (C=O) groups excluding carboxylic acids is 2. The van der Waals surface area contributed by atoms with Crippen LogP contribution in [0.3, 0.4) is 0 Å². The van der Waals surface area contributed by atoms with Crippen molar-refractivity contribution in [3.8, 4) is 5.75 Å². The second-order valence-electron chi connectivity index (χ2n) is 9.53. The highest BCUT2D eigenvalue weighted by Gasteiger charge is 2.39. The smallest absolute Gasteiger partial charge is 0.255 e. The van der Waals surface area contributed by atoms with E-state index < -0.39 is 6.04 Å². The molecule has 0 radical (unpaired) electrons. The van der Waals surface area contributed by atoms with Crippen LogP contribution in [-0.2, 0) is 29.1 Å². The fourth-order valence-electron chi connectivity index (χ4n) is 5.07. The Hall–Kier alpha value is -3.16. The molecule has 0 aromatic heterocycles. The molecule has 3 heterocycles. The second-order valence-corrected chi connectivity index (χ2v) is 9.53. The van der Waals surface area contributed by atoms with Crippen molar-refractivity contribution in [3.05, 3.63) is 77.0 Å². The zero-order valence-electron chi connectivity index (χ0n) is 20.1. The fraction of sp³-hybridized carbons (Fsp3) is 0.429. The molecule has 1 unspecified atom stereocenters. The van der Waals surface area contributed by atoms with Gasteiger partial charge in [-0.15, -0.1) is 0 Å². The lowest BCUT2D eigenvalue weighted by Crippen LogP contribution is -2.49. The summed E-state index contributed by atoms with van der Waals surface area (Å²) in [6, 6.07) is 13.7. The molecule has 0 spiro atoms. The van der Waals surface area contributed by atoms with E-state index in [0.29, 0.717) is 43.0 Å². The molecule has 0 saturated carbocycles. The molecule has 2 aromatic rings. The van der Waals surface area contributed by atoms with Crippen molar-refractivity contribution in [2.24, 2.45) is 0 Å². The number of morpholine rings is 1. The summed E-state index contributed by atoms with van der Waals surface area (Å²) in [7, 11) is 0. The molecular weight excluding hydrogens is 442 g/mol. The van der Waals surface area contributed by atoms with Gasteiger partial charge in [0.25, 0.3) is 5.91 Å². The monoisotopic (exact) mass is 475 g/mol. The van der Waals surface area contributed by atoms with E-state index in [9.17, 15) is 9.59 Å². The summed E-state index contributed by atoms with van der Waals surface area (Å²) in [6.07, 6.45) is 3.48. The highest BCUT2D eigenvalue weighted by molar-refractivity contribution is 6.02. The molecule has 3 aliphatic rings.